The van der Waals surface area contributed by atoms with E-state index in [0.29, 0.717) is 0 Å². The fourth-order valence-electron chi connectivity index (χ4n) is 4.09. The minimum absolute atomic E-state index is 0.0351. The van der Waals surface area contributed by atoms with Gasteiger partial charge in [0, 0.05) is 0 Å². The second-order valence-electron chi connectivity index (χ2n) is 7.47. The molecule has 0 amide bonds. The maximum Gasteiger partial charge on any atom is 0.143 e. The van der Waals surface area contributed by atoms with Gasteiger partial charge in [0.15, 0.2) is 0 Å². The standard InChI is InChI=1S/C25H26O5/c26-16-21-23(27)24(28)22(30-21)17-29-25(18-10-4-1-5-11-18,19-12-6-2-7-13-19)20-14-8-3-9-15-20/h1-15,21-24,26-28H,16-17H2/t21-,22+,23-,24-/m1/s1. The molecule has 5 heteroatoms. The lowest BCUT2D eigenvalue weighted by molar-refractivity contribution is -0.0878. The Labute approximate surface area is 176 Å². The lowest BCUT2D eigenvalue weighted by Gasteiger charge is -2.37. The molecule has 0 aliphatic carbocycles. The van der Waals surface area contributed by atoms with Gasteiger partial charge in [-0.1, -0.05) is 91.0 Å². The van der Waals surface area contributed by atoms with Crippen molar-refractivity contribution in [1.82, 2.24) is 0 Å². The highest BCUT2D eigenvalue weighted by Gasteiger charge is 2.45. The molecule has 3 N–H and O–H groups in total. The normalized spacial score (nSPS) is 24.1. The Morgan fingerprint density at radius 2 is 1.07 bits per heavy atom. The predicted molar refractivity (Wildman–Crippen MR) is 113 cm³/mol. The molecule has 0 radical (unpaired) electrons. The van der Waals surface area contributed by atoms with E-state index in [2.05, 4.69) is 0 Å². The summed E-state index contributed by atoms with van der Waals surface area (Å²) in [4.78, 5) is 0. The fraction of sp³-hybridized carbons (Fsp3) is 0.280. The van der Waals surface area contributed by atoms with Crippen LogP contribution >= 0.6 is 0 Å². The van der Waals surface area contributed by atoms with Gasteiger partial charge in [-0.3, -0.25) is 0 Å². The topological polar surface area (TPSA) is 79.2 Å². The highest BCUT2D eigenvalue weighted by atomic mass is 16.6. The molecule has 156 valence electrons. The zero-order chi connectivity index (χ0) is 21.0. The molecule has 30 heavy (non-hydrogen) atoms. The van der Waals surface area contributed by atoms with E-state index in [1.165, 1.54) is 0 Å². The minimum Gasteiger partial charge on any atom is -0.394 e. The molecule has 1 aliphatic heterocycles. The first-order valence-corrected chi connectivity index (χ1v) is 10.1. The van der Waals surface area contributed by atoms with Gasteiger partial charge in [0.25, 0.3) is 0 Å². The molecule has 1 saturated heterocycles. The zero-order valence-corrected chi connectivity index (χ0v) is 16.5. The fourth-order valence-corrected chi connectivity index (χ4v) is 4.09. The maximum absolute atomic E-state index is 10.4. The smallest absolute Gasteiger partial charge is 0.143 e. The van der Waals surface area contributed by atoms with Gasteiger partial charge in [-0.15, -0.1) is 0 Å². The van der Waals surface area contributed by atoms with Crippen LogP contribution in [-0.4, -0.2) is 52.9 Å². The second kappa shape index (κ2) is 9.08. The molecule has 1 aliphatic rings. The Bertz CT molecular complexity index is 819. The largest absolute Gasteiger partial charge is 0.394 e. The van der Waals surface area contributed by atoms with Crippen LogP contribution in [0.5, 0.6) is 0 Å². The zero-order valence-electron chi connectivity index (χ0n) is 16.5. The van der Waals surface area contributed by atoms with Crippen LogP contribution in [0.15, 0.2) is 91.0 Å². The molecule has 0 bridgehead atoms. The van der Waals surface area contributed by atoms with Gasteiger partial charge in [-0.25, -0.2) is 0 Å². The van der Waals surface area contributed by atoms with E-state index in [4.69, 9.17) is 9.47 Å². The molecule has 0 unspecified atom stereocenters. The average Bonchev–Trinajstić information content (AvgIpc) is 3.09. The molecule has 0 spiro atoms. The minimum atomic E-state index is -1.15. The van der Waals surface area contributed by atoms with Crippen LogP contribution in [0.1, 0.15) is 16.7 Å². The summed E-state index contributed by atoms with van der Waals surface area (Å²) in [6, 6.07) is 29.7. The molecule has 5 nitrogen and oxygen atoms in total. The van der Waals surface area contributed by atoms with Crippen LogP contribution in [0.3, 0.4) is 0 Å². The summed E-state index contributed by atoms with van der Waals surface area (Å²) in [6.45, 7) is -0.330. The molecule has 4 atom stereocenters. The molecule has 0 saturated carbocycles. The van der Waals surface area contributed by atoms with E-state index in [1.807, 2.05) is 91.0 Å². The molecule has 4 rings (SSSR count). The number of hydrogen-bond donors (Lipinski definition) is 3. The predicted octanol–water partition coefficient (Wildman–Crippen LogP) is 2.48. The Kier molecular flexibility index (Phi) is 6.27. The molecule has 1 heterocycles. The second-order valence-corrected chi connectivity index (χ2v) is 7.47. The van der Waals surface area contributed by atoms with Gasteiger partial charge in [0.05, 0.1) is 13.2 Å². The Hall–Kier alpha value is -2.54. The molecule has 1 fully saturated rings. The monoisotopic (exact) mass is 406 g/mol. The van der Waals surface area contributed by atoms with E-state index < -0.39 is 30.0 Å². The lowest BCUT2D eigenvalue weighted by atomic mass is 9.80. The molecule has 0 aromatic heterocycles. The summed E-state index contributed by atoms with van der Waals surface area (Å²) < 4.78 is 12.3. The molecule has 3 aromatic carbocycles. The van der Waals surface area contributed by atoms with Gasteiger partial charge < -0.3 is 24.8 Å². The van der Waals surface area contributed by atoms with E-state index in [9.17, 15) is 15.3 Å². The van der Waals surface area contributed by atoms with Crippen molar-refractivity contribution in [3.05, 3.63) is 108 Å². The van der Waals surface area contributed by atoms with E-state index in [-0.39, 0.29) is 13.2 Å². The first kappa shape index (κ1) is 20.7. The number of aliphatic hydroxyl groups excluding tert-OH is 3. The van der Waals surface area contributed by atoms with Crippen molar-refractivity contribution in [3.63, 3.8) is 0 Å². The van der Waals surface area contributed by atoms with Crippen molar-refractivity contribution in [2.45, 2.75) is 30.0 Å². The Balaban J connectivity index is 1.78. The first-order chi connectivity index (χ1) is 14.7. The molecular formula is C25H26O5. The van der Waals surface area contributed by atoms with Crippen LogP contribution in [0.2, 0.25) is 0 Å². The van der Waals surface area contributed by atoms with Crippen LogP contribution < -0.4 is 0 Å². The van der Waals surface area contributed by atoms with Gasteiger partial charge in [0.1, 0.15) is 30.0 Å². The number of hydrogen-bond acceptors (Lipinski definition) is 5. The van der Waals surface area contributed by atoms with Crippen molar-refractivity contribution < 1.29 is 24.8 Å². The van der Waals surface area contributed by atoms with Crippen LogP contribution in [-0.2, 0) is 15.1 Å². The summed E-state index contributed by atoms with van der Waals surface area (Å²) in [6.07, 6.45) is -3.87. The summed E-state index contributed by atoms with van der Waals surface area (Å²) >= 11 is 0. The van der Waals surface area contributed by atoms with E-state index >= 15 is 0 Å². The maximum atomic E-state index is 10.4. The van der Waals surface area contributed by atoms with Crippen molar-refractivity contribution >= 4 is 0 Å². The van der Waals surface area contributed by atoms with E-state index in [0.717, 1.165) is 16.7 Å². The SMILES string of the molecule is OC[C@H]1O[C@@H](COC(c2ccccc2)(c2ccccc2)c2ccccc2)[C@@H](O)[C@@H]1O. The number of benzene rings is 3. The number of ether oxygens (including phenoxy) is 2. The van der Waals surface area contributed by atoms with Gasteiger partial charge >= 0.3 is 0 Å². The van der Waals surface area contributed by atoms with Crippen molar-refractivity contribution in [1.29, 1.82) is 0 Å². The van der Waals surface area contributed by atoms with E-state index in [1.54, 1.807) is 0 Å². The quantitative estimate of drug-likeness (QED) is 0.526. The third-order valence-corrected chi connectivity index (χ3v) is 5.65. The third kappa shape index (κ3) is 3.78. The van der Waals surface area contributed by atoms with Gasteiger partial charge in [-0.05, 0) is 16.7 Å². The third-order valence-electron chi connectivity index (χ3n) is 5.65. The molecule has 3 aromatic rings. The van der Waals surface area contributed by atoms with Crippen LogP contribution in [0, 0.1) is 0 Å². The summed E-state index contributed by atoms with van der Waals surface area (Å²) in [7, 11) is 0. The van der Waals surface area contributed by atoms with Crippen LogP contribution in [0.4, 0.5) is 0 Å². The Morgan fingerprint density at radius 3 is 1.43 bits per heavy atom. The van der Waals surface area contributed by atoms with Crippen molar-refractivity contribution in [3.8, 4) is 0 Å². The highest BCUT2D eigenvalue weighted by Crippen LogP contribution is 2.41. The van der Waals surface area contributed by atoms with Crippen molar-refractivity contribution in [2.24, 2.45) is 0 Å². The number of aliphatic hydroxyl groups is 3. The first-order valence-electron chi connectivity index (χ1n) is 10.1. The number of rotatable bonds is 7. The van der Waals surface area contributed by atoms with Crippen LogP contribution in [0.25, 0.3) is 0 Å². The van der Waals surface area contributed by atoms with Gasteiger partial charge in [0.2, 0.25) is 0 Å². The summed E-state index contributed by atoms with van der Waals surface area (Å²) in [5, 5.41) is 29.9. The molecular weight excluding hydrogens is 380 g/mol. The highest BCUT2D eigenvalue weighted by molar-refractivity contribution is 5.47. The summed E-state index contributed by atoms with van der Waals surface area (Å²) in [5.41, 5.74) is 1.88. The lowest BCUT2D eigenvalue weighted by Crippen LogP contribution is -2.39. The Morgan fingerprint density at radius 1 is 0.667 bits per heavy atom. The van der Waals surface area contributed by atoms with Crippen molar-refractivity contribution in [2.75, 3.05) is 13.2 Å². The average molecular weight is 406 g/mol. The van der Waals surface area contributed by atoms with Gasteiger partial charge in [-0.2, -0.15) is 0 Å². The summed E-state index contributed by atoms with van der Waals surface area (Å²) in [5.74, 6) is 0.